The molecule has 29 heavy (non-hydrogen) atoms. The number of alkyl halides is 2. The van der Waals surface area contributed by atoms with E-state index in [0.29, 0.717) is 6.54 Å². The molecule has 9 heteroatoms. The highest BCUT2D eigenvalue weighted by Crippen LogP contribution is 2.23. The van der Waals surface area contributed by atoms with Gasteiger partial charge < -0.3 is 20.3 Å². The van der Waals surface area contributed by atoms with E-state index in [1.54, 1.807) is 30.5 Å². The zero-order chi connectivity index (χ0) is 20.6. The van der Waals surface area contributed by atoms with Crippen LogP contribution in [0.15, 0.2) is 34.6 Å². The van der Waals surface area contributed by atoms with Crippen molar-refractivity contribution in [2.45, 2.75) is 45.4 Å². The third-order valence-electron chi connectivity index (χ3n) is 4.75. The van der Waals surface area contributed by atoms with Gasteiger partial charge in [-0.05, 0) is 43.5 Å². The number of guanidine groups is 1. The molecule has 1 saturated heterocycles. The van der Waals surface area contributed by atoms with Crippen molar-refractivity contribution in [3.8, 4) is 5.75 Å². The number of thiazole rings is 1. The highest BCUT2D eigenvalue weighted by molar-refractivity contribution is 7.09. The normalized spacial score (nSPS) is 17.5. The van der Waals surface area contributed by atoms with E-state index >= 15 is 0 Å². The van der Waals surface area contributed by atoms with Gasteiger partial charge in [0.25, 0.3) is 0 Å². The van der Waals surface area contributed by atoms with Crippen LogP contribution in [-0.2, 0) is 13.0 Å². The molecule has 1 fully saturated rings. The first-order valence-corrected chi connectivity index (χ1v) is 10.7. The second-order valence-electron chi connectivity index (χ2n) is 6.81. The lowest BCUT2D eigenvalue weighted by molar-refractivity contribution is -0.0498. The first kappa shape index (κ1) is 21.3. The summed E-state index contributed by atoms with van der Waals surface area (Å²) in [5.41, 5.74) is 2.02. The second-order valence-corrected chi connectivity index (χ2v) is 7.76. The van der Waals surface area contributed by atoms with E-state index in [1.807, 2.05) is 12.1 Å². The molecule has 0 amide bonds. The number of benzene rings is 1. The number of halogens is 2. The van der Waals surface area contributed by atoms with Gasteiger partial charge in [-0.25, -0.2) is 4.98 Å². The van der Waals surface area contributed by atoms with E-state index in [2.05, 4.69) is 42.6 Å². The molecule has 6 nitrogen and oxygen atoms in total. The summed E-state index contributed by atoms with van der Waals surface area (Å²) in [4.78, 5) is 11.1. The quantitative estimate of drug-likeness (QED) is 0.526. The third kappa shape index (κ3) is 6.28. The zero-order valence-corrected chi connectivity index (χ0v) is 17.5. The molecule has 1 aromatic carbocycles. The van der Waals surface area contributed by atoms with Crippen molar-refractivity contribution in [3.63, 3.8) is 0 Å². The van der Waals surface area contributed by atoms with E-state index in [1.165, 1.54) is 0 Å². The Kier molecular flexibility index (Phi) is 7.62. The molecule has 1 atom stereocenters. The molecular weight excluding hydrogens is 396 g/mol. The van der Waals surface area contributed by atoms with Crippen LogP contribution in [-0.4, -0.2) is 43.7 Å². The Balaban J connectivity index is 1.52. The fourth-order valence-electron chi connectivity index (χ4n) is 3.32. The van der Waals surface area contributed by atoms with Gasteiger partial charge in [-0.2, -0.15) is 8.78 Å². The molecule has 0 bridgehead atoms. The Morgan fingerprint density at radius 3 is 2.83 bits per heavy atom. The summed E-state index contributed by atoms with van der Waals surface area (Å²) in [6.07, 6.45) is 3.03. The summed E-state index contributed by atoms with van der Waals surface area (Å²) >= 11 is 1.68. The van der Waals surface area contributed by atoms with Gasteiger partial charge in [0, 0.05) is 37.2 Å². The van der Waals surface area contributed by atoms with Gasteiger partial charge in [0.1, 0.15) is 5.75 Å². The lowest BCUT2D eigenvalue weighted by Crippen LogP contribution is -2.51. The molecule has 2 N–H and O–H groups in total. The minimum Gasteiger partial charge on any atom is -0.435 e. The lowest BCUT2D eigenvalue weighted by Gasteiger charge is -2.35. The Morgan fingerprint density at radius 2 is 2.17 bits per heavy atom. The summed E-state index contributed by atoms with van der Waals surface area (Å²) in [5, 5.41) is 10.0. The monoisotopic (exact) mass is 423 g/mol. The maximum absolute atomic E-state index is 12.3. The fourth-order valence-corrected chi connectivity index (χ4v) is 4.07. The van der Waals surface area contributed by atoms with Gasteiger partial charge in [-0.3, -0.25) is 4.99 Å². The molecule has 1 unspecified atom stereocenters. The van der Waals surface area contributed by atoms with Gasteiger partial charge in [-0.15, -0.1) is 11.3 Å². The van der Waals surface area contributed by atoms with Crippen LogP contribution in [0.4, 0.5) is 14.5 Å². The Morgan fingerprint density at radius 1 is 1.38 bits per heavy atom. The Labute approximate surface area is 174 Å². The number of aryl methyl sites for hydroxylation is 1. The number of piperidine rings is 1. The van der Waals surface area contributed by atoms with E-state index in [9.17, 15) is 8.78 Å². The molecule has 1 aliphatic rings. The number of aliphatic imine (C=N–C) groups is 1. The number of ether oxygens (including phenoxy) is 1. The minimum atomic E-state index is -2.80. The number of hydrogen-bond acceptors (Lipinski definition) is 5. The minimum absolute atomic E-state index is 0.174. The van der Waals surface area contributed by atoms with Crippen LogP contribution >= 0.6 is 11.3 Å². The predicted molar refractivity (Wildman–Crippen MR) is 113 cm³/mol. The topological polar surface area (TPSA) is 61.8 Å². The summed E-state index contributed by atoms with van der Waals surface area (Å²) in [7, 11) is 1.76. The van der Waals surface area contributed by atoms with E-state index < -0.39 is 6.61 Å². The first-order chi connectivity index (χ1) is 14.1. The predicted octanol–water partition coefficient (Wildman–Crippen LogP) is 3.64. The molecule has 1 aromatic heterocycles. The molecule has 3 rings (SSSR count). The van der Waals surface area contributed by atoms with Crippen molar-refractivity contribution in [3.05, 3.63) is 40.3 Å². The van der Waals surface area contributed by atoms with Crippen LogP contribution in [0.1, 0.15) is 30.5 Å². The van der Waals surface area contributed by atoms with Crippen LogP contribution in [0.25, 0.3) is 0 Å². The Bertz CT molecular complexity index is 796. The molecule has 158 valence electrons. The number of aromatic nitrogens is 1. The van der Waals surface area contributed by atoms with Crippen LogP contribution < -0.4 is 20.3 Å². The van der Waals surface area contributed by atoms with Crippen LogP contribution in [0, 0.1) is 0 Å². The van der Waals surface area contributed by atoms with Gasteiger partial charge >= 0.3 is 6.61 Å². The number of anilines is 1. The van der Waals surface area contributed by atoms with Crippen LogP contribution in [0.2, 0.25) is 0 Å². The maximum atomic E-state index is 12.3. The van der Waals surface area contributed by atoms with E-state index in [4.69, 9.17) is 0 Å². The number of nitrogens with zero attached hydrogens (tertiary/aromatic N) is 3. The number of rotatable bonds is 7. The van der Waals surface area contributed by atoms with Crippen LogP contribution in [0.3, 0.4) is 0 Å². The maximum Gasteiger partial charge on any atom is 0.387 e. The second kappa shape index (κ2) is 10.4. The first-order valence-electron chi connectivity index (χ1n) is 9.77. The summed E-state index contributed by atoms with van der Waals surface area (Å²) in [6, 6.07) is 7.05. The number of nitrogens with one attached hydrogen (secondary N) is 2. The molecule has 0 saturated carbocycles. The number of hydrogen-bond donors (Lipinski definition) is 2. The van der Waals surface area contributed by atoms with E-state index in [-0.39, 0.29) is 11.8 Å². The van der Waals surface area contributed by atoms with Crippen molar-refractivity contribution in [2.75, 3.05) is 25.0 Å². The van der Waals surface area contributed by atoms with Crippen molar-refractivity contribution < 1.29 is 13.5 Å². The smallest absolute Gasteiger partial charge is 0.387 e. The largest absolute Gasteiger partial charge is 0.435 e. The molecular formula is C20H27F2N5OS. The molecule has 0 spiro atoms. The van der Waals surface area contributed by atoms with Gasteiger partial charge in [0.2, 0.25) is 0 Å². The average Bonchev–Trinajstić information content (AvgIpc) is 3.19. The summed E-state index contributed by atoms with van der Waals surface area (Å²) < 4.78 is 29.0. The van der Waals surface area contributed by atoms with Crippen molar-refractivity contribution in [2.24, 2.45) is 4.99 Å². The lowest BCUT2D eigenvalue weighted by atomic mass is 10.0. The molecule has 1 aliphatic heterocycles. The molecule has 0 aliphatic carbocycles. The Hall–Kier alpha value is -2.42. The van der Waals surface area contributed by atoms with Gasteiger partial charge in [0.15, 0.2) is 5.96 Å². The molecule has 2 aromatic rings. The highest BCUT2D eigenvalue weighted by Gasteiger charge is 2.21. The van der Waals surface area contributed by atoms with Crippen LogP contribution in [0.5, 0.6) is 5.75 Å². The van der Waals surface area contributed by atoms with Crippen molar-refractivity contribution in [1.29, 1.82) is 0 Å². The average molecular weight is 424 g/mol. The van der Waals surface area contributed by atoms with Crippen molar-refractivity contribution in [1.82, 2.24) is 15.6 Å². The van der Waals surface area contributed by atoms with E-state index in [0.717, 1.165) is 54.7 Å². The molecule has 0 radical (unpaired) electrons. The van der Waals surface area contributed by atoms with Gasteiger partial charge in [-0.1, -0.05) is 6.92 Å². The van der Waals surface area contributed by atoms with Gasteiger partial charge in [0.05, 0.1) is 17.2 Å². The summed E-state index contributed by atoms with van der Waals surface area (Å²) in [5.74, 6) is 0.928. The SMILES string of the molecule is CCc1nc(CNC(=NC)NC2CCCN(c3ccc(OC(F)F)cc3)C2)cs1. The fraction of sp³-hybridized carbons (Fsp3) is 0.500. The van der Waals surface area contributed by atoms with Crippen molar-refractivity contribution >= 4 is 23.0 Å². The zero-order valence-electron chi connectivity index (χ0n) is 16.7. The summed E-state index contributed by atoms with van der Waals surface area (Å²) in [6.45, 7) is 1.68. The standard InChI is InChI=1S/C20H27F2N5OS/c1-3-18-25-15(13-29-18)11-24-20(23-2)26-14-5-4-10-27(12-14)16-6-8-17(9-7-16)28-19(21)22/h6-9,13-14,19H,3-5,10-12H2,1-2H3,(H2,23,24,26). The molecule has 2 heterocycles. The third-order valence-corrected chi connectivity index (χ3v) is 5.79. The highest BCUT2D eigenvalue weighted by atomic mass is 32.1.